The van der Waals surface area contributed by atoms with Gasteiger partial charge in [-0.3, -0.25) is 0 Å². The van der Waals surface area contributed by atoms with E-state index in [1.165, 1.54) is 11.1 Å². The summed E-state index contributed by atoms with van der Waals surface area (Å²) in [5.74, 6) is -0.245. The summed E-state index contributed by atoms with van der Waals surface area (Å²) in [5.41, 5.74) is 3.96. The lowest BCUT2D eigenvalue weighted by Gasteiger charge is -2.44. The van der Waals surface area contributed by atoms with Crippen LogP contribution in [0, 0.1) is 0 Å². The highest BCUT2D eigenvalue weighted by molar-refractivity contribution is 6.74. The summed E-state index contributed by atoms with van der Waals surface area (Å²) in [7, 11) is -1.97. The van der Waals surface area contributed by atoms with Gasteiger partial charge >= 0.3 is 5.97 Å². The average Bonchev–Trinajstić information content (AvgIpc) is 3.15. The van der Waals surface area contributed by atoms with Crippen molar-refractivity contribution in [3.05, 3.63) is 95.2 Å². The van der Waals surface area contributed by atoms with Crippen LogP contribution in [0.5, 0.6) is 0 Å². The van der Waals surface area contributed by atoms with E-state index >= 15 is 0 Å². The fourth-order valence-electron chi connectivity index (χ4n) is 4.05. The number of esters is 1. The molecule has 0 radical (unpaired) electrons. The van der Waals surface area contributed by atoms with Crippen molar-refractivity contribution in [2.75, 3.05) is 13.2 Å². The minimum Gasteiger partial charge on any atom is -0.456 e. The molecule has 4 rings (SSSR count). The highest BCUT2D eigenvalue weighted by Gasteiger charge is 2.41. The van der Waals surface area contributed by atoms with Gasteiger partial charge in [0.25, 0.3) is 0 Å². The van der Waals surface area contributed by atoms with E-state index in [-0.39, 0.29) is 23.1 Å². The largest absolute Gasteiger partial charge is 0.456 e. The lowest BCUT2D eigenvalue weighted by molar-refractivity contribution is -0.135. The molecule has 0 aromatic heterocycles. The Morgan fingerprint density at radius 2 is 1.69 bits per heavy atom. The molecule has 0 N–H and O–H groups in total. The molecule has 2 heterocycles. The summed E-state index contributed by atoms with van der Waals surface area (Å²) >= 11 is 0. The Morgan fingerprint density at radius 3 is 2.31 bits per heavy atom. The lowest BCUT2D eigenvalue weighted by Crippen LogP contribution is -2.44. The summed E-state index contributed by atoms with van der Waals surface area (Å²) in [6.45, 7) is 12.2. The number of carbonyl (C=O) groups is 1. The molecule has 2 aliphatic rings. The quantitative estimate of drug-likeness (QED) is 0.392. The molecule has 2 aromatic carbocycles. The molecule has 1 unspecified atom stereocenters. The number of hydrogen-bond donors (Lipinski definition) is 0. The SMILES string of the molecule is CC(C)(C)[Si](C)(C)OC[C@H](c1ccccc1)N1C2=C(C=CC1c1ccccc1)C(=O)OC2. The van der Waals surface area contributed by atoms with E-state index in [0.29, 0.717) is 18.8 Å². The molecular formula is C27H33NO3Si. The van der Waals surface area contributed by atoms with Crippen molar-refractivity contribution in [3.63, 3.8) is 0 Å². The molecule has 0 saturated carbocycles. The lowest BCUT2D eigenvalue weighted by atomic mass is 9.94. The summed E-state index contributed by atoms with van der Waals surface area (Å²) in [5, 5.41) is 0.117. The molecule has 5 heteroatoms. The fraction of sp³-hybridized carbons (Fsp3) is 0.370. The van der Waals surface area contributed by atoms with Gasteiger partial charge in [0.1, 0.15) is 6.61 Å². The predicted molar refractivity (Wildman–Crippen MR) is 130 cm³/mol. The van der Waals surface area contributed by atoms with Gasteiger partial charge in [0, 0.05) is 0 Å². The van der Waals surface area contributed by atoms with Crippen LogP contribution in [0.3, 0.4) is 0 Å². The fourth-order valence-corrected chi connectivity index (χ4v) is 5.06. The summed E-state index contributed by atoms with van der Waals surface area (Å²) < 4.78 is 12.2. The molecule has 2 atom stereocenters. The Bertz CT molecular complexity index is 1020. The van der Waals surface area contributed by atoms with Crippen molar-refractivity contribution < 1.29 is 14.0 Å². The Morgan fingerprint density at radius 1 is 1.06 bits per heavy atom. The third-order valence-corrected chi connectivity index (χ3v) is 11.5. The smallest absolute Gasteiger partial charge is 0.340 e. The van der Waals surface area contributed by atoms with E-state index in [2.05, 4.69) is 93.4 Å². The van der Waals surface area contributed by atoms with Crippen molar-refractivity contribution in [2.45, 2.75) is 51.0 Å². The first kappa shape index (κ1) is 22.6. The number of ether oxygens (including phenoxy) is 1. The van der Waals surface area contributed by atoms with Crippen LogP contribution in [0.1, 0.15) is 44.0 Å². The molecule has 0 saturated heterocycles. The summed E-state index contributed by atoms with van der Waals surface area (Å²) in [6.07, 6.45) is 4.04. The van der Waals surface area contributed by atoms with E-state index in [4.69, 9.17) is 9.16 Å². The van der Waals surface area contributed by atoms with Crippen LogP contribution >= 0.6 is 0 Å². The van der Waals surface area contributed by atoms with Crippen LogP contribution in [0.15, 0.2) is 84.1 Å². The summed E-state index contributed by atoms with van der Waals surface area (Å²) in [6, 6.07) is 20.9. The third-order valence-electron chi connectivity index (χ3n) is 7.00. The van der Waals surface area contributed by atoms with Crippen LogP contribution in [0.4, 0.5) is 0 Å². The van der Waals surface area contributed by atoms with Crippen LogP contribution in [0.2, 0.25) is 18.1 Å². The number of cyclic esters (lactones) is 1. The normalized spacial score (nSPS) is 19.7. The van der Waals surface area contributed by atoms with Gasteiger partial charge in [0.2, 0.25) is 0 Å². The molecule has 0 aliphatic carbocycles. The Balaban J connectivity index is 1.78. The van der Waals surface area contributed by atoms with Crippen molar-refractivity contribution in [1.82, 2.24) is 4.90 Å². The maximum atomic E-state index is 12.4. The molecule has 0 spiro atoms. The second kappa shape index (κ2) is 8.72. The number of benzene rings is 2. The van der Waals surface area contributed by atoms with E-state index in [9.17, 15) is 4.79 Å². The zero-order valence-electron chi connectivity index (χ0n) is 19.7. The van der Waals surface area contributed by atoms with Crippen LogP contribution in [0.25, 0.3) is 0 Å². The van der Waals surface area contributed by atoms with Crippen molar-refractivity contribution in [2.24, 2.45) is 0 Å². The molecule has 2 aliphatic heterocycles. The van der Waals surface area contributed by atoms with Crippen LogP contribution in [-0.2, 0) is 14.0 Å². The van der Waals surface area contributed by atoms with Crippen LogP contribution < -0.4 is 0 Å². The number of carbonyl (C=O) groups excluding carboxylic acids is 1. The minimum atomic E-state index is -1.97. The van der Waals surface area contributed by atoms with Crippen molar-refractivity contribution >= 4 is 14.3 Å². The van der Waals surface area contributed by atoms with Gasteiger partial charge in [-0.25, -0.2) is 4.79 Å². The Kier molecular flexibility index (Phi) is 6.14. The average molecular weight is 448 g/mol. The topological polar surface area (TPSA) is 38.8 Å². The van der Waals surface area contributed by atoms with Gasteiger partial charge in [-0.1, -0.05) is 87.5 Å². The highest BCUT2D eigenvalue weighted by atomic mass is 28.4. The molecule has 0 amide bonds. The third kappa shape index (κ3) is 4.32. The number of nitrogens with zero attached hydrogens (tertiary/aromatic N) is 1. The van der Waals surface area contributed by atoms with Crippen molar-refractivity contribution in [3.8, 4) is 0 Å². The summed E-state index contributed by atoms with van der Waals surface area (Å²) in [4.78, 5) is 14.8. The van der Waals surface area contributed by atoms with E-state index in [1.807, 2.05) is 18.2 Å². The Hall–Kier alpha value is -2.63. The van der Waals surface area contributed by atoms with Gasteiger partial charge in [0.05, 0.1) is 30.0 Å². The molecule has 4 nitrogen and oxygen atoms in total. The second-order valence-corrected chi connectivity index (χ2v) is 14.9. The zero-order valence-corrected chi connectivity index (χ0v) is 20.7. The monoisotopic (exact) mass is 447 g/mol. The predicted octanol–water partition coefficient (Wildman–Crippen LogP) is 6.17. The van der Waals surface area contributed by atoms with Crippen LogP contribution in [-0.4, -0.2) is 32.4 Å². The molecular weight excluding hydrogens is 414 g/mol. The molecule has 2 aromatic rings. The molecule has 168 valence electrons. The molecule has 0 bridgehead atoms. The van der Waals surface area contributed by atoms with Gasteiger partial charge in [0.15, 0.2) is 8.32 Å². The van der Waals surface area contributed by atoms with Gasteiger partial charge in [-0.2, -0.15) is 0 Å². The first-order valence-electron chi connectivity index (χ1n) is 11.3. The van der Waals surface area contributed by atoms with Gasteiger partial charge < -0.3 is 14.1 Å². The standard InChI is InChI=1S/C27H33NO3Si/c1-27(2,3)32(4,5)31-19-24(21-14-10-7-11-15-21)28-23(20-12-8-6-9-13-20)17-16-22-25(28)18-30-26(22)29/h6-17,23-24H,18-19H2,1-5H3/t23?,24-/m1/s1. The highest BCUT2D eigenvalue weighted by Crippen LogP contribution is 2.43. The number of hydrogen-bond acceptors (Lipinski definition) is 4. The first-order valence-corrected chi connectivity index (χ1v) is 14.2. The first-order chi connectivity index (χ1) is 15.2. The molecule has 32 heavy (non-hydrogen) atoms. The molecule has 0 fully saturated rings. The van der Waals surface area contributed by atoms with Crippen molar-refractivity contribution in [1.29, 1.82) is 0 Å². The van der Waals surface area contributed by atoms with E-state index < -0.39 is 8.32 Å². The zero-order chi connectivity index (χ0) is 22.9. The maximum absolute atomic E-state index is 12.4. The van der Waals surface area contributed by atoms with Gasteiger partial charge in [-0.15, -0.1) is 0 Å². The second-order valence-electron chi connectivity index (χ2n) is 10.1. The van der Waals surface area contributed by atoms with E-state index in [1.54, 1.807) is 0 Å². The number of rotatable bonds is 6. The van der Waals surface area contributed by atoms with Gasteiger partial charge in [-0.05, 0) is 35.3 Å². The minimum absolute atomic E-state index is 0.00216. The maximum Gasteiger partial charge on any atom is 0.340 e. The Labute approximate surface area is 192 Å². The van der Waals surface area contributed by atoms with E-state index in [0.717, 1.165) is 5.70 Å².